The second kappa shape index (κ2) is 16.3. The van der Waals surface area contributed by atoms with Crippen molar-refractivity contribution in [2.24, 2.45) is 0 Å². The lowest BCUT2D eigenvalue weighted by Gasteiger charge is -2.35. The highest BCUT2D eigenvalue weighted by molar-refractivity contribution is 5.73. The van der Waals surface area contributed by atoms with Gasteiger partial charge < -0.3 is 34.1 Å². The summed E-state index contributed by atoms with van der Waals surface area (Å²) in [6.07, 6.45) is 3.96. The van der Waals surface area contributed by atoms with E-state index in [0.29, 0.717) is 18.8 Å². The Labute approximate surface area is 257 Å². The van der Waals surface area contributed by atoms with Crippen molar-refractivity contribution in [1.82, 2.24) is 14.8 Å². The van der Waals surface area contributed by atoms with Crippen molar-refractivity contribution < 1.29 is 37.3 Å². The molecule has 9 nitrogen and oxygen atoms in total. The van der Waals surface area contributed by atoms with Gasteiger partial charge in [0, 0.05) is 49.1 Å². The van der Waals surface area contributed by atoms with Crippen molar-refractivity contribution in [2.75, 3.05) is 46.9 Å². The average molecular weight is 626 g/mol. The summed E-state index contributed by atoms with van der Waals surface area (Å²) < 4.78 is 51.7. The molecule has 12 heteroatoms. The van der Waals surface area contributed by atoms with Crippen LogP contribution >= 0.6 is 0 Å². The molecule has 0 unspecified atom stereocenters. The lowest BCUT2D eigenvalue weighted by Crippen LogP contribution is -2.41. The number of aliphatic carboxylic acids is 1. The molecule has 2 aliphatic rings. The van der Waals surface area contributed by atoms with Crippen LogP contribution in [0.1, 0.15) is 55.7 Å². The first kappa shape index (κ1) is 35.4. The van der Waals surface area contributed by atoms with Gasteiger partial charge in [0.2, 0.25) is 0 Å². The summed E-state index contributed by atoms with van der Waals surface area (Å²) in [5.41, 5.74) is 5.04. The Balaban J connectivity index is 0.000000676. The maximum Gasteiger partial charge on any atom is 0.490 e. The number of methoxy groups -OCH3 is 2. The van der Waals surface area contributed by atoms with E-state index in [0.717, 1.165) is 111 Å². The smallest absolute Gasteiger partial charge is 0.490 e. The van der Waals surface area contributed by atoms with Gasteiger partial charge in [-0.3, -0.25) is 4.79 Å². The number of carboxylic acids is 1. The molecule has 2 aromatic rings. The van der Waals surface area contributed by atoms with Gasteiger partial charge in [-0.05, 0) is 88.7 Å². The summed E-state index contributed by atoms with van der Waals surface area (Å²) in [6, 6.07) is 4.19. The first-order valence-electron chi connectivity index (χ1n) is 15.2. The number of benzene rings is 1. The molecule has 3 heterocycles. The minimum Gasteiger partial charge on any atom is -0.496 e. The van der Waals surface area contributed by atoms with E-state index in [4.69, 9.17) is 24.1 Å². The monoisotopic (exact) mass is 625 g/mol. The highest BCUT2D eigenvalue weighted by Gasteiger charge is 2.38. The number of hydrogen-bond donors (Lipinski definition) is 2. The number of nitrogens with one attached hydrogen (secondary N) is 1. The Morgan fingerprint density at radius 3 is 2.02 bits per heavy atom. The van der Waals surface area contributed by atoms with Gasteiger partial charge in [0.05, 0.1) is 26.4 Å². The summed E-state index contributed by atoms with van der Waals surface area (Å²) >= 11 is 0. The summed E-state index contributed by atoms with van der Waals surface area (Å²) in [6.45, 7) is 12.0. The minimum absolute atomic E-state index is 0.0866. The number of carbonyl (C=O) groups is 1. The molecule has 44 heavy (non-hydrogen) atoms. The zero-order valence-electron chi connectivity index (χ0n) is 26.4. The molecule has 0 spiro atoms. The SMILES string of the molecule is CCCn1cc(-c2cc(OC)c(CCN3CCC(OC4CCNCC4)CC3)c(OC)c2)c(C)c(C)c1=O.O=C(O)C(F)(F)F. The number of aromatic nitrogens is 1. The summed E-state index contributed by atoms with van der Waals surface area (Å²) in [5, 5.41) is 10.5. The predicted molar refractivity (Wildman–Crippen MR) is 163 cm³/mol. The first-order chi connectivity index (χ1) is 20.9. The van der Waals surface area contributed by atoms with Gasteiger partial charge in [-0.1, -0.05) is 6.92 Å². The number of pyridine rings is 1. The third-order valence-electron chi connectivity index (χ3n) is 8.34. The molecule has 2 aliphatic heterocycles. The number of hydrogen-bond acceptors (Lipinski definition) is 7. The van der Waals surface area contributed by atoms with Crippen LogP contribution < -0.4 is 20.3 Å². The molecule has 246 valence electrons. The van der Waals surface area contributed by atoms with E-state index in [-0.39, 0.29) is 5.56 Å². The lowest BCUT2D eigenvalue weighted by atomic mass is 9.96. The quantitative estimate of drug-likeness (QED) is 0.382. The highest BCUT2D eigenvalue weighted by Crippen LogP contribution is 2.37. The van der Waals surface area contributed by atoms with E-state index >= 15 is 0 Å². The Hall–Kier alpha value is -3.09. The maximum absolute atomic E-state index is 12.7. The minimum atomic E-state index is -5.08. The molecular formula is C32H46F3N3O6. The fraction of sp³-hybridized carbons (Fsp3) is 0.625. The second-order valence-corrected chi connectivity index (χ2v) is 11.3. The molecule has 4 rings (SSSR count). The molecule has 1 aromatic heterocycles. The summed E-state index contributed by atoms with van der Waals surface area (Å²) in [7, 11) is 3.45. The summed E-state index contributed by atoms with van der Waals surface area (Å²) in [4.78, 5) is 24.1. The molecule has 2 fully saturated rings. The van der Waals surface area contributed by atoms with Crippen molar-refractivity contribution in [3.8, 4) is 22.6 Å². The first-order valence-corrected chi connectivity index (χ1v) is 15.2. The molecule has 1 aromatic carbocycles. The number of aryl methyl sites for hydroxylation is 1. The number of ether oxygens (including phenoxy) is 3. The van der Waals surface area contributed by atoms with Crippen LogP contribution in [0.25, 0.3) is 11.1 Å². The zero-order valence-corrected chi connectivity index (χ0v) is 26.4. The number of piperidine rings is 2. The molecular weight excluding hydrogens is 579 g/mol. The molecule has 0 amide bonds. The van der Waals surface area contributed by atoms with Crippen LogP contribution in [0.5, 0.6) is 11.5 Å². The predicted octanol–water partition coefficient (Wildman–Crippen LogP) is 4.97. The van der Waals surface area contributed by atoms with Crippen molar-refractivity contribution >= 4 is 5.97 Å². The number of likely N-dealkylation sites (tertiary alicyclic amines) is 1. The number of halogens is 3. The number of nitrogens with zero attached hydrogens (tertiary/aromatic N) is 2. The lowest BCUT2D eigenvalue weighted by molar-refractivity contribution is -0.192. The Morgan fingerprint density at radius 2 is 1.52 bits per heavy atom. The fourth-order valence-electron chi connectivity index (χ4n) is 5.72. The van der Waals surface area contributed by atoms with E-state index in [1.807, 2.05) is 24.6 Å². The molecule has 2 saturated heterocycles. The largest absolute Gasteiger partial charge is 0.496 e. The zero-order chi connectivity index (χ0) is 32.4. The van der Waals surface area contributed by atoms with Crippen LogP contribution in [0.2, 0.25) is 0 Å². The van der Waals surface area contributed by atoms with Gasteiger partial charge in [-0.2, -0.15) is 13.2 Å². The average Bonchev–Trinajstić information content (AvgIpc) is 3.01. The van der Waals surface area contributed by atoms with E-state index in [1.54, 1.807) is 14.2 Å². The van der Waals surface area contributed by atoms with E-state index < -0.39 is 12.1 Å². The third-order valence-corrected chi connectivity index (χ3v) is 8.34. The maximum atomic E-state index is 12.7. The Bertz CT molecular complexity index is 1270. The number of alkyl halides is 3. The van der Waals surface area contributed by atoms with Crippen LogP contribution in [-0.2, 0) is 22.5 Å². The number of rotatable bonds is 10. The fourth-order valence-corrected chi connectivity index (χ4v) is 5.72. The van der Waals surface area contributed by atoms with Crippen molar-refractivity contribution in [3.63, 3.8) is 0 Å². The summed E-state index contributed by atoms with van der Waals surface area (Å²) in [5.74, 6) is -1.08. The molecule has 0 saturated carbocycles. The number of carboxylic acid groups (broad SMARTS) is 1. The highest BCUT2D eigenvalue weighted by atomic mass is 19.4. The van der Waals surface area contributed by atoms with Gasteiger partial charge in [-0.15, -0.1) is 0 Å². The second-order valence-electron chi connectivity index (χ2n) is 11.3. The normalized spacial score (nSPS) is 16.7. The topological polar surface area (TPSA) is 102 Å². The Kier molecular flexibility index (Phi) is 13.1. The van der Waals surface area contributed by atoms with E-state index in [2.05, 4.69) is 29.3 Å². The van der Waals surface area contributed by atoms with Gasteiger partial charge in [0.25, 0.3) is 5.56 Å². The van der Waals surface area contributed by atoms with Gasteiger partial charge in [-0.25, -0.2) is 4.79 Å². The van der Waals surface area contributed by atoms with Crippen LogP contribution in [0.15, 0.2) is 23.1 Å². The van der Waals surface area contributed by atoms with Crippen LogP contribution in [-0.4, -0.2) is 85.9 Å². The van der Waals surface area contributed by atoms with Crippen LogP contribution in [0, 0.1) is 13.8 Å². The van der Waals surface area contributed by atoms with E-state index in [1.165, 1.54) is 0 Å². The standard InChI is InChI=1S/C30H45N3O4.C2HF3O2/c1-6-14-33-20-27(21(2)22(3)30(33)34)23-18-28(35-4)26(29(19-23)36-5)11-17-32-15-9-25(10-16-32)37-24-7-12-31-13-8-24;3-2(4,5)1(6)7/h18-20,24-25,31H,6-17H2,1-5H3;(H,6,7). The van der Waals surface area contributed by atoms with Gasteiger partial charge in [0.15, 0.2) is 0 Å². The van der Waals surface area contributed by atoms with Gasteiger partial charge in [0.1, 0.15) is 11.5 Å². The van der Waals surface area contributed by atoms with Crippen LogP contribution in [0.3, 0.4) is 0 Å². The Morgan fingerprint density at radius 1 is 0.977 bits per heavy atom. The molecule has 0 atom stereocenters. The molecule has 0 bridgehead atoms. The van der Waals surface area contributed by atoms with Crippen LogP contribution in [0.4, 0.5) is 13.2 Å². The van der Waals surface area contributed by atoms with Crippen molar-refractivity contribution in [1.29, 1.82) is 0 Å². The van der Waals surface area contributed by atoms with Crippen molar-refractivity contribution in [2.45, 2.75) is 84.2 Å². The molecule has 0 aliphatic carbocycles. The third kappa shape index (κ3) is 9.45. The van der Waals surface area contributed by atoms with Gasteiger partial charge >= 0.3 is 12.1 Å². The molecule has 2 N–H and O–H groups in total. The van der Waals surface area contributed by atoms with E-state index in [9.17, 15) is 18.0 Å². The molecule has 0 radical (unpaired) electrons. The van der Waals surface area contributed by atoms with Crippen molar-refractivity contribution in [3.05, 3.63) is 45.4 Å².